The van der Waals surface area contributed by atoms with Crippen LogP contribution in [0.3, 0.4) is 0 Å². The molecule has 1 saturated carbocycles. The maximum Gasteiger partial charge on any atom is 0.319 e. The highest BCUT2D eigenvalue weighted by atomic mass is 16.3. The minimum Gasteiger partial charge on any atom is -0.445 e. The maximum atomic E-state index is 12.1. The molecule has 122 valence electrons. The fourth-order valence-corrected chi connectivity index (χ4v) is 3.01. The monoisotopic (exact) mass is 315 g/mol. The van der Waals surface area contributed by atoms with Crippen LogP contribution in [0.1, 0.15) is 25.7 Å². The second-order valence-corrected chi connectivity index (χ2v) is 5.85. The van der Waals surface area contributed by atoms with Gasteiger partial charge in [-0.25, -0.2) is 9.78 Å². The quantitative estimate of drug-likeness (QED) is 0.809. The summed E-state index contributed by atoms with van der Waals surface area (Å²) >= 11 is 0. The summed E-state index contributed by atoms with van der Waals surface area (Å²) in [6.45, 7) is 0.121. The van der Waals surface area contributed by atoms with E-state index in [2.05, 4.69) is 15.6 Å². The van der Waals surface area contributed by atoms with Gasteiger partial charge in [-0.1, -0.05) is 12.8 Å². The molecule has 2 amide bonds. The number of aromatic nitrogens is 1. The van der Waals surface area contributed by atoms with E-state index < -0.39 is 0 Å². The Balaban J connectivity index is 1.57. The predicted molar refractivity (Wildman–Crippen MR) is 86.9 cm³/mol. The third kappa shape index (κ3) is 3.90. The molecule has 0 saturated heterocycles. The van der Waals surface area contributed by atoms with Gasteiger partial charge in [-0.15, -0.1) is 0 Å². The van der Waals surface area contributed by atoms with Crippen molar-refractivity contribution in [3.05, 3.63) is 36.7 Å². The van der Waals surface area contributed by atoms with Gasteiger partial charge in [0.2, 0.25) is 5.89 Å². The Bertz CT molecular complexity index is 625. The number of aliphatic hydroxyl groups excluding tert-OH is 1. The first kappa shape index (κ1) is 15.6. The lowest BCUT2D eigenvalue weighted by molar-refractivity contribution is 0.156. The minimum absolute atomic E-state index is 0.0420. The van der Waals surface area contributed by atoms with E-state index in [1.54, 1.807) is 6.20 Å². The number of benzene rings is 1. The summed E-state index contributed by atoms with van der Waals surface area (Å²) in [5.41, 5.74) is 1.56. The summed E-state index contributed by atoms with van der Waals surface area (Å²) in [6, 6.07) is 7.11. The van der Waals surface area contributed by atoms with Gasteiger partial charge in [-0.2, -0.15) is 0 Å². The molecule has 0 bridgehead atoms. The Morgan fingerprint density at radius 2 is 2.04 bits per heavy atom. The molecule has 23 heavy (non-hydrogen) atoms. The number of urea groups is 1. The van der Waals surface area contributed by atoms with E-state index >= 15 is 0 Å². The molecule has 3 N–H and O–H groups in total. The standard InChI is InChI=1S/C17H21N3O3/c21-11-13-3-1-2-4-15(13)20-17(22)19-14-7-5-12(6-8-14)16-18-9-10-23-16/h5-10,13,15,21H,1-4,11H2,(H2,19,20,22). The number of anilines is 1. The van der Waals surface area contributed by atoms with Crippen molar-refractivity contribution in [1.29, 1.82) is 0 Å². The second-order valence-electron chi connectivity index (χ2n) is 5.85. The molecular weight excluding hydrogens is 294 g/mol. The average Bonchev–Trinajstić information content (AvgIpc) is 3.10. The van der Waals surface area contributed by atoms with Crippen molar-refractivity contribution < 1.29 is 14.3 Å². The van der Waals surface area contributed by atoms with Gasteiger partial charge >= 0.3 is 6.03 Å². The summed E-state index contributed by atoms with van der Waals surface area (Å²) in [6.07, 6.45) is 7.21. The number of nitrogens with one attached hydrogen (secondary N) is 2. The number of hydrogen-bond donors (Lipinski definition) is 3. The van der Waals surface area contributed by atoms with Crippen molar-refractivity contribution in [3.8, 4) is 11.5 Å². The number of carbonyl (C=O) groups excluding carboxylic acids is 1. The highest BCUT2D eigenvalue weighted by Gasteiger charge is 2.25. The number of hydrogen-bond acceptors (Lipinski definition) is 4. The molecule has 2 aromatic rings. The zero-order valence-electron chi connectivity index (χ0n) is 12.9. The Morgan fingerprint density at radius 1 is 1.26 bits per heavy atom. The van der Waals surface area contributed by atoms with Crippen LogP contribution in [0.2, 0.25) is 0 Å². The van der Waals surface area contributed by atoms with E-state index in [9.17, 15) is 9.90 Å². The SMILES string of the molecule is O=C(Nc1ccc(-c2ncco2)cc1)NC1CCCCC1CO. The number of nitrogens with zero attached hydrogens (tertiary/aromatic N) is 1. The largest absolute Gasteiger partial charge is 0.445 e. The van der Waals surface area contributed by atoms with Crippen LogP contribution in [0.15, 0.2) is 41.1 Å². The summed E-state index contributed by atoms with van der Waals surface area (Å²) in [5.74, 6) is 0.705. The molecule has 1 heterocycles. The van der Waals surface area contributed by atoms with E-state index in [4.69, 9.17) is 4.42 Å². The van der Waals surface area contributed by atoms with Crippen LogP contribution < -0.4 is 10.6 Å². The van der Waals surface area contributed by atoms with Gasteiger partial charge < -0.3 is 20.2 Å². The minimum atomic E-state index is -0.237. The van der Waals surface area contributed by atoms with E-state index in [0.29, 0.717) is 11.6 Å². The number of rotatable bonds is 4. The lowest BCUT2D eigenvalue weighted by Gasteiger charge is -2.30. The third-order valence-electron chi connectivity index (χ3n) is 4.28. The van der Waals surface area contributed by atoms with Gasteiger partial charge in [0, 0.05) is 29.8 Å². The molecule has 1 aliphatic rings. The van der Waals surface area contributed by atoms with Gasteiger partial charge in [-0.3, -0.25) is 0 Å². The predicted octanol–water partition coefficient (Wildman–Crippen LogP) is 3.01. The Kier molecular flexibility index (Phi) is 4.92. The molecule has 0 radical (unpaired) electrons. The molecule has 1 aromatic heterocycles. The van der Waals surface area contributed by atoms with Crippen molar-refractivity contribution in [2.75, 3.05) is 11.9 Å². The van der Waals surface area contributed by atoms with E-state index in [-0.39, 0.29) is 24.6 Å². The molecule has 1 aliphatic carbocycles. The maximum absolute atomic E-state index is 12.1. The van der Waals surface area contributed by atoms with Crippen molar-refractivity contribution in [2.24, 2.45) is 5.92 Å². The van der Waals surface area contributed by atoms with Crippen LogP contribution in [0.4, 0.5) is 10.5 Å². The third-order valence-corrected chi connectivity index (χ3v) is 4.28. The van der Waals surface area contributed by atoms with Crippen molar-refractivity contribution in [1.82, 2.24) is 10.3 Å². The van der Waals surface area contributed by atoms with Crippen molar-refractivity contribution in [3.63, 3.8) is 0 Å². The van der Waals surface area contributed by atoms with Crippen LogP contribution in [0.5, 0.6) is 0 Å². The van der Waals surface area contributed by atoms with Crippen molar-refractivity contribution >= 4 is 11.7 Å². The van der Waals surface area contributed by atoms with Crippen LogP contribution in [0, 0.1) is 5.92 Å². The molecule has 6 heteroatoms. The number of oxazole rings is 1. The van der Waals surface area contributed by atoms with Gasteiger partial charge in [0.1, 0.15) is 6.26 Å². The normalized spacial score (nSPS) is 20.9. The summed E-state index contributed by atoms with van der Waals surface area (Å²) in [5, 5.41) is 15.2. The average molecular weight is 315 g/mol. The molecule has 2 unspecified atom stereocenters. The Labute approximate surface area is 134 Å². The molecule has 0 aliphatic heterocycles. The highest BCUT2D eigenvalue weighted by molar-refractivity contribution is 5.89. The Hall–Kier alpha value is -2.34. The summed E-state index contributed by atoms with van der Waals surface area (Å²) < 4.78 is 5.23. The highest BCUT2D eigenvalue weighted by Crippen LogP contribution is 2.24. The number of aliphatic hydroxyl groups is 1. The molecule has 0 spiro atoms. The topological polar surface area (TPSA) is 87.4 Å². The first-order chi connectivity index (χ1) is 11.3. The second kappa shape index (κ2) is 7.28. The van der Waals surface area contributed by atoms with Gasteiger partial charge in [0.25, 0.3) is 0 Å². The zero-order valence-corrected chi connectivity index (χ0v) is 12.9. The van der Waals surface area contributed by atoms with Crippen LogP contribution >= 0.6 is 0 Å². The smallest absolute Gasteiger partial charge is 0.319 e. The van der Waals surface area contributed by atoms with Crippen molar-refractivity contribution in [2.45, 2.75) is 31.7 Å². The first-order valence-electron chi connectivity index (χ1n) is 7.94. The van der Waals surface area contributed by atoms with Crippen LogP contribution in [0.25, 0.3) is 11.5 Å². The lowest BCUT2D eigenvalue weighted by atomic mass is 9.85. The fraction of sp³-hybridized carbons (Fsp3) is 0.412. The van der Waals surface area contributed by atoms with Crippen LogP contribution in [-0.2, 0) is 0 Å². The molecule has 3 rings (SSSR count). The molecule has 1 fully saturated rings. The van der Waals surface area contributed by atoms with E-state index in [0.717, 1.165) is 31.2 Å². The Morgan fingerprint density at radius 3 is 2.74 bits per heavy atom. The van der Waals surface area contributed by atoms with Gasteiger partial charge in [0.15, 0.2) is 0 Å². The summed E-state index contributed by atoms with van der Waals surface area (Å²) in [4.78, 5) is 16.2. The molecular formula is C17H21N3O3. The van der Waals surface area contributed by atoms with Gasteiger partial charge in [0.05, 0.1) is 6.20 Å². The molecule has 6 nitrogen and oxygen atoms in total. The summed E-state index contributed by atoms with van der Waals surface area (Å²) in [7, 11) is 0. The molecule has 2 atom stereocenters. The van der Waals surface area contributed by atoms with E-state index in [1.165, 1.54) is 6.26 Å². The zero-order chi connectivity index (χ0) is 16.1. The van der Waals surface area contributed by atoms with Gasteiger partial charge in [-0.05, 0) is 37.1 Å². The number of carbonyl (C=O) groups is 1. The lowest BCUT2D eigenvalue weighted by Crippen LogP contribution is -2.45. The first-order valence-corrected chi connectivity index (χ1v) is 7.94. The van der Waals surface area contributed by atoms with Crippen LogP contribution in [-0.4, -0.2) is 28.8 Å². The van der Waals surface area contributed by atoms with E-state index in [1.807, 2.05) is 24.3 Å². The number of amides is 2. The molecule has 1 aromatic carbocycles. The fourth-order valence-electron chi connectivity index (χ4n) is 3.01.